The fraction of sp³-hybridized carbons (Fsp3) is 0.259. The monoisotopic (exact) mass is 478 g/mol. The minimum absolute atomic E-state index is 0.122. The highest BCUT2D eigenvalue weighted by molar-refractivity contribution is 8.00. The van der Waals surface area contributed by atoms with Crippen molar-refractivity contribution >= 4 is 29.3 Å². The van der Waals surface area contributed by atoms with Crippen molar-refractivity contribution in [3.63, 3.8) is 0 Å². The van der Waals surface area contributed by atoms with Gasteiger partial charge in [0, 0.05) is 23.2 Å². The van der Waals surface area contributed by atoms with Gasteiger partial charge in [0.05, 0.1) is 25.5 Å². The van der Waals surface area contributed by atoms with Gasteiger partial charge >= 0.3 is 0 Å². The van der Waals surface area contributed by atoms with Crippen LogP contribution >= 0.6 is 11.8 Å². The number of carbonyl (C=O) groups is 2. The maximum atomic E-state index is 12.7. The number of methoxy groups -OCH3 is 2. The van der Waals surface area contributed by atoms with E-state index >= 15 is 0 Å². The molecule has 0 bridgehead atoms. The van der Waals surface area contributed by atoms with Crippen LogP contribution in [-0.4, -0.2) is 38.3 Å². The molecule has 0 aliphatic carbocycles. The minimum atomic E-state index is -0.173. The molecule has 6 nitrogen and oxygen atoms in total. The Kier molecular flexibility index (Phi) is 9.85. The number of amides is 2. The number of unbranched alkanes of at least 4 members (excludes halogenated alkanes) is 1. The molecule has 0 spiro atoms. The van der Waals surface area contributed by atoms with Gasteiger partial charge in [-0.2, -0.15) is 0 Å². The van der Waals surface area contributed by atoms with Crippen LogP contribution in [0.1, 0.15) is 28.8 Å². The van der Waals surface area contributed by atoms with Gasteiger partial charge in [0.25, 0.3) is 5.91 Å². The van der Waals surface area contributed by atoms with Crippen LogP contribution in [0.15, 0.2) is 77.7 Å². The molecule has 0 saturated heterocycles. The van der Waals surface area contributed by atoms with Crippen molar-refractivity contribution in [3.05, 3.63) is 83.9 Å². The Bertz CT molecular complexity index is 1090. The quantitative estimate of drug-likeness (QED) is 0.277. The van der Waals surface area contributed by atoms with Crippen LogP contribution in [0.5, 0.6) is 11.5 Å². The molecule has 0 aromatic heterocycles. The zero-order valence-electron chi connectivity index (χ0n) is 19.5. The zero-order chi connectivity index (χ0) is 24.2. The van der Waals surface area contributed by atoms with Crippen LogP contribution in [0.4, 0.5) is 5.69 Å². The molecular weight excluding hydrogens is 448 g/mol. The lowest BCUT2D eigenvalue weighted by Gasteiger charge is -2.12. The topological polar surface area (TPSA) is 76.7 Å². The predicted octanol–water partition coefficient (Wildman–Crippen LogP) is 5.19. The van der Waals surface area contributed by atoms with E-state index in [-0.39, 0.29) is 17.6 Å². The molecule has 0 aliphatic heterocycles. The number of ether oxygens (including phenoxy) is 2. The SMILES string of the molecule is COc1ccc(NC(=O)CSc2ccccc2C(=O)NCCCCc2ccccc2)cc1OC. The van der Waals surface area contributed by atoms with E-state index in [1.807, 2.05) is 36.4 Å². The normalized spacial score (nSPS) is 10.4. The second-order valence-corrected chi connectivity index (χ2v) is 8.62. The van der Waals surface area contributed by atoms with E-state index in [4.69, 9.17) is 9.47 Å². The second kappa shape index (κ2) is 13.3. The van der Waals surface area contributed by atoms with Crippen molar-refractivity contribution in [2.24, 2.45) is 0 Å². The number of thioether (sulfide) groups is 1. The molecule has 178 valence electrons. The maximum Gasteiger partial charge on any atom is 0.252 e. The Morgan fingerprint density at radius 3 is 2.35 bits per heavy atom. The summed E-state index contributed by atoms with van der Waals surface area (Å²) in [4.78, 5) is 26.0. The first-order valence-electron chi connectivity index (χ1n) is 11.2. The van der Waals surface area contributed by atoms with Crippen molar-refractivity contribution < 1.29 is 19.1 Å². The summed E-state index contributed by atoms with van der Waals surface area (Å²) in [5.41, 5.74) is 2.50. The minimum Gasteiger partial charge on any atom is -0.493 e. The van der Waals surface area contributed by atoms with Crippen LogP contribution in [-0.2, 0) is 11.2 Å². The third-order valence-electron chi connectivity index (χ3n) is 5.18. The number of rotatable bonds is 12. The fourth-order valence-corrected chi connectivity index (χ4v) is 4.28. The molecule has 2 amide bonds. The molecule has 0 atom stereocenters. The molecule has 0 radical (unpaired) electrons. The Hall–Kier alpha value is -3.45. The van der Waals surface area contributed by atoms with Crippen molar-refractivity contribution in [1.82, 2.24) is 5.32 Å². The van der Waals surface area contributed by atoms with Crippen LogP contribution in [0.3, 0.4) is 0 Å². The standard InChI is InChI=1S/C27H30N2O4S/c1-32-23-16-15-21(18-24(23)33-2)29-26(30)19-34-25-14-7-6-13-22(25)27(31)28-17-9-8-12-20-10-4-3-5-11-20/h3-7,10-11,13-16,18H,8-9,12,17,19H2,1-2H3,(H,28,31)(H,29,30). The molecule has 3 aromatic carbocycles. The van der Waals surface area contributed by atoms with Crippen molar-refractivity contribution in [3.8, 4) is 11.5 Å². The highest BCUT2D eigenvalue weighted by Gasteiger charge is 2.13. The van der Waals surface area contributed by atoms with E-state index in [1.54, 1.807) is 38.5 Å². The average Bonchev–Trinajstić information content (AvgIpc) is 2.87. The third-order valence-corrected chi connectivity index (χ3v) is 6.25. The first kappa shape index (κ1) is 25.2. The summed E-state index contributed by atoms with van der Waals surface area (Å²) in [6, 6.07) is 22.9. The average molecular weight is 479 g/mol. The Labute approximate surface area is 205 Å². The van der Waals surface area contributed by atoms with E-state index in [0.29, 0.717) is 29.3 Å². The van der Waals surface area contributed by atoms with Crippen LogP contribution in [0.2, 0.25) is 0 Å². The third kappa shape index (κ3) is 7.56. The number of aryl methyl sites for hydroxylation is 1. The van der Waals surface area contributed by atoms with Gasteiger partial charge in [0.1, 0.15) is 0 Å². The van der Waals surface area contributed by atoms with Gasteiger partial charge in [-0.05, 0) is 49.1 Å². The summed E-state index contributed by atoms with van der Waals surface area (Å²) >= 11 is 1.33. The summed E-state index contributed by atoms with van der Waals surface area (Å²) in [5, 5.41) is 5.85. The lowest BCUT2D eigenvalue weighted by atomic mass is 10.1. The first-order chi connectivity index (χ1) is 16.6. The van der Waals surface area contributed by atoms with Crippen molar-refractivity contribution in [2.75, 3.05) is 31.8 Å². The van der Waals surface area contributed by atoms with E-state index in [0.717, 1.165) is 24.2 Å². The van der Waals surface area contributed by atoms with Gasteiger partial charge in [-0.3, -0.25) is 9.59 Å². The van der Waals surface area contributed by atoms with Gasteiger partial charge in [-0.25, -0.2) is 0 Å². The van der Waals surface area contributed by atoms with E-state index in [1.165, 1.54) is 17.3 Å². The number of anilines is 1. The second-order valence-electron chi connectivity index (χ2n) is 7.60. The predicted molar refractivity (Wildman–Crippen MR) is 137 cm³/mol. The molecule has 0 aliphatic rings. The van der Waals surface area contributed by atoms with Crippen molar-refractivity contribution in [1.29, 1.82) is 0 Å². The zero-order valence-corrected chi connectivity index (χ0v) is 20.3. The molecule has 3 rings (SSSR count). The molecule has 7 heteroatoms. The Morgan fingerprint density at radius 2 is 1.59 bits per heavy atom. The van der Waals surface area contributed by atoms with Gasteiger partial charge in [-0.15, -0.1) is 11.8 Å². The molecule has 0 heterocycles. The largest absolute Gasteiger partial charge is 0.493 e. The molecule has 34 heavy (non-hydrogen) atoms. The van der Waals surface area contributed by atoms with Gasteiger partial charge < -0.3 is 20.1 Å². The van der Waals surface area contributed by atoms with Gasteiger partial charge in [-0.1, -0.05) is 42.5 Å². The number of carbonyl (C=O) groups excluding carboxylic acids is 2. The van der Waals surface area contributed by atoms with Gasteiger partial charge in [0.2, 0.25) is 5.91 Å². The summed E-state index contributed by atoms with van der Waals surface area (Å²) in [6.07, 6.45) is 2.92. The summed E-state index contributed by atoms with van der Waals surface area (Å²) in [7, 11) is 3.11. The Balaban J connectivity index is 1.47. The van der Waals surface area contributed by atoms with Crippen LogP contribution in [0, 0.1) is 0 Å². The number of hydrogen-bond donors (Lipinski definition) is 2. The Morgan fingerprint density at radius 1 is 0.853 bits per heavy atom. The highest BCUT2D eigenvalue weighted by Crippen LogP contribution is 2.30. The molecule has 0 saturated carbocycles. The molecule has 0 fully saturated rings. The van der Waals surface area contributed by atoms with E-state index in [2.05, 4.69) is 22.8 Å². The lowest BCUT2D eigenvalue weighted by Crippen LogP contribution is -2.25. The summed E-state index contributed by atoms with van der Waals surface area (Å²) < 4.78 is 10.5. The number of benzene rings is 3. The summed E-state index contributed by atoms with van der Waals surface area (Å²) in [6.45, 7) is 0.616. The number of hydrogen-bond acceptors (Lipinski definition) is 5. The maximum absolute atomic E-state index is 12.7. The fourth-order valence-electron chi connectivity index (χ4n) is 3.43. The van der Waals surface area contributed by atoms with E-state index < -0.39 is 0 Å². The molecule has 2 N–H and O–H groups in total. The highest BCUT2D eigenvalue weighted by atomic mass is 32.2. The van der Waals surface area contributed by atoms with Crippen molar-refractivity contribution in [2.45, 2.75) is 24.2 Å². The summed E-state index contributed by atoms with van der Waals surface area (Å²) in [5.74, 6) is 1.01. The smallest absolute Gasteiger partial charge is 0.252 e. The molecular formula is C27H30N2O4S. The molecule has 3 aromatic rings. The molecule has 0 unspecified atom stereocenters. The first-order valence-corrected chi connectivity index (χ1v) is 12.1. The lowest BCUT2D eigenvalue weighted by molar-refractivity contribution is -0.113. The van der Waals surface area contributed by atoms with Crippen LogP contribution < -0.4 is 20.1 Å². The van der Waals surface area contributed by atoms with Gasteiger partial charge in [0.15, 0.2) is 11.5 Å². The van der Waals surface area contributed by atoms with E-state index in [9.17, 15) is 9.59 Å². The number of nitrogens with one attached hydrogen (secondary N) is 2. The van der Waals surface area contributed by atoms with Crippen LogP contribution in [0.25, 0.3) is 0 Å².